The number of carbonyl (C=O) groups is 2. The molecule has 148 valence electrons. The monoisotopic (exact) mass is 372 g/mol. The van der Waals surface area contributed by atoms with Gasteiger partial charge in [-0.25, -0.2) is 4.79 Å². The first kappa shape index (κ1) is 19.7. The van der Waals surface area contributed by atoms with E-state index in [1.165, 1.54) is 0 Å². The lowest BCUT2D eigenvalue weighted by Crippen LogP contribution is -2.51. The third-order valence-corrected chi connectivity index (χ3v) is 6.00. The molecule has 0 aliphatic carbocycles. The summed E-state index contributed by atoms with van der Waals surface area (Å²) in [6.45, 7) is 11.1. The van der Waals surface area contributed by atoms with Gasteiger partial charge in [0, 0.05) is 24.8 Å². The maximum absolute atomic E-state index is 13.5. The summed E-state index contributed by atoms with van der Waals surface area (Å²) in [4.78, 5) is 29.6. The molecule has 2 aliphatic heterocycles. The summed E-state index contributed by atoms with van der Waals surface area (Å²) in [5.74, 6) is 0.226. The molecule has 5 nitrogen and oxygen atoms in total. The zero-order valence-corrected chi connectivity index (χ0v) is 17.2. The minimum atomic E-state index is -0.486. The number of hydrogen-bond donors (Lipinski definition) is 0. The first-order valence-electron chi connectivity index (χ1n) is 10.1. The van der Waals surface area contributed by atoms with Crippen LogP contribution in [-0.4, -0.2) is 41.6 Å². The molecular weight excluding hydrogens is 340 g/mol. The van der Waals surface area contributed by atoms with Gasteiger partial charge in [0.25, 0.3) is 0 Å². The number of likely N-dealkylation sites (tertiary alicyclic amines) is 1. The van der Waals surface area contributed by atoms with Crippen molar-refractivity contribution in [1.82, 2.24) is 4.90 Å². The quantitative estimate of drug-likeness (QED) is 0.785. The van der Waals surface area contributed by atoms with E-state index in [0.717, 1.165) is 36.9 Å². The number of anilines is 1. The van der Waals surface area contributed by atoms with Crippen LogP contribution in [0.1, 0.15) is 65.9 Å². The van der Waals surface area contributed by atoms with Gasteiger partial charge < -0.3 is 14.5 Å². The van der Waals surface area contributed by atoms with Gasteiger partial charge in [0.15, 0.2) is 0 Å². The molecule has 0 atom stereocenters. The van der Waals surface area contributed by atoms with Crippen molar-refractivity contribution in [1.29, 1.82) is 0 Å². The maximum Gasteiger partial charge on any atom is 0.410 e. The normalized spacial score (nSPS) is 20.0. The average Bonchev–Trinajstić information content (AvgIpc) is 2.88. The highest BCUT2D eigenvalue weighted by Gasteiger charge is 2.50. The summed E-state index contributed by atoms with van der Waals surface area (Å²) in [5, 5.41) is 0. The van der Waals surface area contributed by atoms with Crippen molar-refractivity contribution in [2.24, 2.45) is 0 Å². The summed E-state index contributed by atoms with van der Waals surface area (Å²) in [7, 11) is 0. The zero-order chi connectivity index (χ0) is 19.8. The second kappa shape index (κ2) is 7.17. The third kappa shape index (κ3) is 3.44. The predicted molar refractivity (Wildman–Crippen MR) is 107 cm³/mol. The topological polar surface area (TPSA) is 49.9 Å². The van der Waals surface area contributed by atoms with Crippen LogP contribution in [0.5, 0.6) is 0 Å². The lowest BCUT2D eigenvalue weighted by molar-refractivity contribution is -0.124. The van der Waals surface area contributed by atoms with Crippen molar-refractivity contribution in [2.45, 2.75) is 77.4 Å². The Morgan fingerprint density at radius 1 is 1.15 bits per heavy atom. The molecule has 1 fully saturated rings. The minimum absolute atomic E-state index is 0.136. The van der Waals surface area contributed by atoms with Crippen molar-refractivity contribution in [3.05, 3.63) is 29.8 Å². The van der Waals surface area contributed by atoms with Crippen LogP contribution in [0.25, 0.3) is 0 Å². The lowest BCUT2D eigenvalue weighted by atomic mass is 9.77. The van der Waals surface area contributed by atoms with E-state index in [1.807, 2.05) is 37.8 Å². The first-order valence-corrected chi connectivity index (χ1v) is 10.1. The molecule has 0 saturated carbocycles. The van der Waals surface area contributed by atoms with Gasteiger partial charge in [0.05, 0.1) is 5.41 Å². The van der Waals surface area contributed by atoms with Gasteiger partial charge in [-0.05, 0) is 58.1 Å². The Bertz CT molecular complexity index is 711. The van der Waals surface area contributed by atoms with Gasteiger partial charge in [-0.2, -0.15) is 0 Å². The van der Waals surface area contributed by atoms with Crippen molar-refractivity contribution in [3.8, 4) is 0 Å². The van der Waals surface area contributed by atoms with Crippen LogP contribution in [0, 0.1) is 0 Å². The maximum atomic E-state index is 13.5. The van der Waals surface area contributed by atoms with Crippen LogP contribution >= 0.6 is 0 Å². The second-order valence-corrected chi connectivity index (χ2v) is 8.68. The fourth-order valence-electron chi connectivity index (χ4n) is 4.47. The molecule has 1 aromatic rings. The molecule has 0 bridgehead atoms. The van der Waals surface area contributed by atoms with Crippen molar-refractivity contribution in [3.63, 3.8) is 0 Å². The van der Waals surface area contributed by atoms with Gasteiger partial charge in [-0.15, -0.1) is 0 Å². The van der Waals surface area contributed by atoms with Gasteiger partial charge >= 0.3 is 6.09 Å². The fourth-order valence-corrected chi connectivity index (χ4v) is 4.47. The summed E-state index contributed by atoms with van der Waals surface area (Å²) >= 11 is 0. The van der Waals surface area contributed by atoms with Crippen molar-refractivity contribution in [2.75, 3.05) is 18.0 Å². The van der Waals surface area contributed by atoms with Gasteiger partial charge in [-0.1, -0.05) is 32.0 Å². The van der Waals surface area contributed by atoms with E-state index >= 15 is 0 Å². The van der Waals surface area contributed by atoms with E-state index in [0.29, 0.717) is 13.1 Å². The number of hydrogen-bond acceptors (Lipinski definition) is 3. The van der Waals surface area contributed by atoms with Gasteiger partial charge in [0.2, 0.25) is 5.91 Å². The average molecular weight is 373 g/mol. The number of amides is 2. The van der Waals surface area contributed by atoms with Crippen LogP contribution in [-0.2, 0) is 14.9 Å². The van der Waals surface area contributed by atoms with Crippen LogP contribution < -0.4 is 4.90 Å². The van der Waals surface area contributed by atoms with E-state index in [1.54, 1.807) is 4.90 Å². The number of nitrogens with zero attached hydrogens (tertiary/aromatic N) is 2. The Morgan fingerprint density at radius 3 is 2.30 bits per heavy atom. The predicted octanol–water partition coefficient (Wildman–Crippen LogP) is 4.49. The summed E-state index contributed by atoms with van der Waals surface area (Å²) in [6.07, 6.45) is 2.93. The molecule has 27 heavy (non-hydrogen) atoms. The molecule has 0 radical (unpaired) electrons. The van der Waals surface area contributed by atoms with Crippen molar-refractivity contribution >= 4 is 17.7 Å². The van der Waals surface area contributed by atoms with E-state index in [9.17, 15) is 9.59 Å². The molecule has 5 heteroatoms. The van der Waals surface area contributed by atoms with Crippen molar-refractivity contribution < 1.29 is 14.3 Å². The molecule has 1 saturated heterocycles. The highest BCUT2D eigenvalue weighted by molar-refractivity contribution is 6.08. The Morgan fingerprint density at radius 2 is 1.74 bits per heavy atom. The molecule has 2 amide bonds. The van der Waals surface area contributed by atoms with Crippen LogP contribution in [0.2, 0.25) is 0 Å². The number of fused-ring (bicyclic) bond motifs is 1. The highest BCUT2D eigenvalue weighted by Crippen LogP contribution is 2.47. The number of carbonyl (C=O) groups excluding carboxylic acids is 2. The first-order chi connectivity index (χ1) is 12.7. The summed E-state index contributed by atoms with van der Waals surface area (Å²) in [6, 6.07) is 8.35. The smallest absolute Gasteiger partial charge is 0.410 e. The molecule has 2 heterocycles. The Labute approximate surface area is 162 Å². The van der Waals surface area contributed by atoms with E-state index in [2.05, 4.69) is 26.0 Å². The van der Waals surface area contributed by atoms with E-state index in [4.69, 9.17) is 4.74 Å². The largest absolute Gasteiger partial charge is 0.444 e. The van der Waals surface area contributed by atoms with Gasteiger partial charge in [0.1, 0.15) is 5.60 Å². The molecular formula is C22H32N2O3. The number of rotatable bonds is 3. The molecule has 3 rings (SSSR count). The van der Waals surface area contributed by atoms with Gasteiger partial charge in [-0.3, -0.25) is 4.79 Å². The number of ether oxygens (including phenoxy) is 1. The Balaban J connectivity index is 1.77. The molecule has 1 aromatic carbocycles. The Hall–Kier alpha value is -2.04. The molecule has 0 aromatic heterocycles. The zero-order valence-electron chi connectivity index (χ0n) is 17.2. The third-order valence-electron chi connectivity index (χ3n) is 6.00. The van der Waals surface area contributed by atoms with E-state index < -0.39 is 11.0 Å². The molecule has 0 unspecified atom stereocenters. The fraction of sp³-hybridized carbons (Fsp3) is 0.636. The highest BCUT2D eigenvalue weighted by atomic mass is 16.6. The molecule has 2 aliphatic rings. The summed E-state index contributed by atoms with van der Waals surface area (Å²) in [5.41, 5.74) is 1.33. The summed E-state index contributed by atoms with van der Waals surface area (Å²) < 4.78 is 5.49. The number of piperidine rings is 1. The van der Waals surface area contributed by atoms with Crippen LogP contribution in [0.3, 0.4) is 0 Å². The SMILES string of the molecule is CCC1(CC)C(=O)N(C2CCN(C(=O)OC(C)(C)C)CC2)c2ccccc21. The number of para-hydroxylation sites is 1. The second-order valence-electron chi connectivity index (χ2n) is 8.68. The Kier molecular flexibility index (Phi) is 5.24. The standard InChI is InChI=1S/C22H32N2O3/c1-6-22(7-2)17-10-8-9-11-18(17)24(19(22)25)16-12-14-23(15-13-16)20(26)27-21(3,4)5/h8-11,16H,6-7,12-15H2,1-5H3. The lowest BCUT2D eigenvalue weighted by Gasteiger charge is -2.38. The van der Waals surface area contributed by atoms with Crippen LogP contribution in [0.15, 0.2) is 24.3 Å². The molecule has 0 N–H and O–H groups in total. The molecule has 0 spiro atoms. The van der Waals surface area contributed by atoms with E-state index in [-0.39, 0.29) is 18.0 Å². The number of benzene rings is 1. The van der Waals surface area contributed by atoms with Crippen LogP contribution in [0.4, 0.5) is 10.5 Å². The minimum Gasteiger partial charge on any atom is -0.444 e.